The van der Waals surface area contributed by atoms with E-state index in [9.17, 15) is 9.90 Å². The molecule has 0 aliphatic carbocycles. The van der Waals surface area contributed by atoms with E-state index in [4.69, 9.17) is 0 Å². The van der Waals surface area contributed by atoms with E-state index < -0.39 is 0 Å². The third kappa shape index (κ3) is 2.66. The van der Waals surface area contributed by atoms with Gasteiger partial charge in [-0.2, -0.15) is 5.10 Å². The molecule has 4 heteroatoms. The monoisotopic (exact) mass is 242 g/mol. The lowest BCUT2D eigenvalue weighted by Gasteiger charge is -1.96. The molecule has 2 aromatic rings. The van der Waals surface area contributed by atoms with Crippen LogP contribution in [0.2, 0.25) is 0 Å². The summed E-state index contributed by atoms with van der Waals surface area (Å²) in [6.45, 7) is 1.95. The minimum atomic E-state index is -0.158. The zero-order valence-corrected chi connectivity index (χ0v) is 10.3. The fraction of sp³-hybridized carbons (Fsp3) is 0.143. The second kappa shape index (κ2) is 4.87. The maximum atomic E-state index is 11.8. The molecule has 0 saturated carbocycles. The Morgan fingerprint density at radius 2 is 2.17 bits per heavy atom. The SMILES string of the molecule is Cc1cc(/C=C/C(=O)c2cccc(O)c2)nn1C. The van der Waals surface area contributed by atoms with E-state index in [-0.39, 0.29) is 11.5 Å². The van der Waals surface area contributed by atoms with Gasteiger partial charge >= 0.3 is 0 Å². The van der Waals surface area contributed by atoms with E-state index in [2.05, 4.69) is 5.10 Å². The number of nitrogens with zero attached hydrogens (tertiary/aromatic N) is 2. The van der Waals surface area contributed by atoms with Gasteiger partial charge in [-0.25, -0.2) is 0 Å². The molecule has 4 nitrogen and oxygen atoms in total. The third-order valence-electron chi connectivity index (χ3n) is 2.67. The zero-order valence-electron chi connectivity index (χ0n) is 10.3. The van der Waals surface area contributed by atoms with E-state index in [0.717, 1.165) is 11.4 Å². The molecule has 18 heavy (non-hydrogen) atoms. The number of aryl methyl sites for hydroxylation is 2. The van der Waals surface area contributed by atoms with Crippen molar-refractivity contribution in [3.63, 3.8) is 0 Å². The fourth-order valence-electron chi connectivity index (χ4n) is 1.59. The summed E-state index contributed by atoms with van der Waals surface area (Å²) in [5.41, 5.74) is 2.22. The number of carbonyl (C=O) groups excluding carboxylic acids is 1. The molecule has 0 bridgehead atoms. The van der Waals surface area contributed by atoms with Gasteiger partial charge in [-0.3, -0.25) is 9.48 Å². The quantitative estimate of drug-likeness (QED) is 0.664. The summed E-state index contributed by atoms with van der Waals surface area (Å²) >= 11 is 0. The Kier molecular flexibility index (Phi) is 3.28. The topological polar surface area (TPSA) is 55.1 Å². The van der Waals surface area contributed by atoms with Crippen molar-refractivity contribution in [3.05, 3.63) is 53.4 Å². The average molecular weight is 242 g/mol. The van der Waals surface area contributed by atoms with Crippen LogP contribution in [0.25, 0.3) is 6.08 Å². The molecule has 0 radical (unpaired) electrons. The van der Waals surface area contributed by atoms with Gasteiger partial charge in [-0.1, -0.05) is 12.1 Å². The largest absolute Gasteiger partial charge is 0.508 e. The van der Waals surface area contributed by atoms with Crippen LogP contribution in [0.15, 0.2) is 36.4 Å². The second-order valence-corrected chi connectivity index (χ2v) is 4.08. The van der Waals surface area contributed by atoms with Crippen molar-refractivity contribution in [1.82, 2.24) is 9.78 Å². The highest BCUT2D eigenvalue weighted by atomic mass is 16.3. The molecule has 1 N–H and O–H groups in total. The molecule has 0 spiro atoms. The van der Waals surface area contributed by atoms with E-state index >= 15 is 0 Å². The Labute approximate surface area is 105 Å². The van der Waals surface area contributed by atoms with Crippen LogP contribution < -0.4 is 0 Å². The molecule has 0 atom stereocenters. The molecular weight excluding hydrogens is 228 g/mol. The predicted molar refractivity (Wildman–Crippen MR) is 69.4 cm³/mol. The van der Waals surface area contributed by atoms with Crippen LogP contribution in [0, 0.1) is 6.92 Å². The minimum absolute atomic E-state index is 0.0860. The summed E-state index contributed by atoms with van der Waals surface area (Å²) in [6, 6.07) is 8.17. The highest BCUT2D eigenvalue weighted by Crippen LogP contribution is 2.12. The standard InChI is InChI=1S/C14H14N2O2/c1-10-8-12(15-16(10)2)6-7-14(18)11-4-3-5-13(17)9-11/h3-9,17H,1-2H3/b7-6+. The van der Waals surface area contributed by atoms with Crippen molar-refractivity contribution in [1.29, 1.82) is 0 Å². The first-order valence-corrected chi connectivity index (χ1v) is 5.58. The Bertz CT molecular complexity index is 593. The highest BCUT2D eigenvalue weighted by Gasteiger charge is 2.03. The first kappa shape index (κ1) is 12.1. The molecule has 92 valence electrons. The highest BCUT2D eigenvalue weighted by molar-refractivity contribution is 6.06. The number of phenols is 1. The summed E-state index contributed by atoms with van der Waals surface area (Å²) in [5.74, 6) is -0.0721. The van der Waals surface area contributed by atoms with E-state index in [0.29, 0.717) is 5.56 Å². The number of allylic oxidation sites excluding steroid dienone is 1. The molecule has 1 aromatic carbocycles. The van der Waals surface area contributed by atoms with Crippen molar-refractivity contribution in [2.45, 2.75) is 6.92 Å². The summed E-state index contributed by atoms with van der Waals surface area (Å²) in [7, 11) is 1.85. The van der Waals surface area contributed by atoms with Crippen molar-refractivity contribution in [2.75, 3.05) is 0 Å². The molecule has 2 rings (SSSR count). The van der Waals surface area contributed by atoms with Crippen LogP contribution in [0.4, 0.5) is 0 Å². The van der Waals surface area contributed by atoms with Gasteiger partial charge in [0, 0.05) is 18.3 Å². The van der Waals surface area contributed by atoms with Crippen LogP contribution in [0.3, 0.4) is 0 Å². The molecule has 0 amide bonds. The smallest absolute Gasteiger partial charge is 0.186 e. The first-order valence-electron chi connectivity index (χ1n) is 5.58. The van der Waals surface area contributed by atoms with Gasteiger partial charge in [-0.15, -0.1) is 0 Å². The van der Waals surface area contributed by atoms with Crippen LogP contribution in [-0.2, 0) is 7.05 Å². The van der Waals surface area contributed by atoms with Crippen molar-refractivity contribution in [3.8, 4) is 5.75 Å². The summed E-state index contributed by atoms with van der Waals surface area (Å²) in [6.07, 6.45) is 3.12. The van der Waals surface area contributed by atoms with E-state index in [1.165, 1.54) is 18.2 Å². The van der Waals surface area contributed by atoms with Crippen molar-refractivity contribution in [2.24, 2.45) is 7.05 Å². The van der Waals surface area contributed by atoms with Gasteiger partial charge < -0.3 is 5.11 Å². The number of hydrogen-bond acceptors (Lipinski definition) is 3. The molecule has 0 fully saturated rings. The number of rotatable bonds is 3. The first-order chi connectivity index (χ1) is 8.56. The number of aromatic hydroxyl groups is 1. The lowest BCUT2D eigenvalue weighted by molar-refractivity contribution is 0.104. The summed E-state index contributed by atoms with van der Waals surface area (Å²) in [4.78, 5) is 11.8. The summed E-state index contributed by atoms with van der Waals surface area (Å²) < 4.78 is 1.75. The van der Waals surface area contributed by atoms with E-state index in [1.54, 1.807) is 22.9 Å². The maximum Gasteiger partial charge on any atom is 0.186 e. The van der Waals surface area contributed by atoms with Gasteiger partial charge in [0.05, 0.1) is 5.69 Å². The van der Waals surface area contributed by atoms with E-state index in [1.807, 2.05) is 20.0 Å². The van der Waals surface area contributed by atoms with Gasteiger partial charge in [0.1, 0.15) is 5.75 Å². The molecular formula is C14H14N2O2. The van der Waals surface area contributed by atoms with Crippen LogP contribution in [-0.4, -0.2) is 20.7 Å². The number of carbonyl (C=O) groups is 1. The number of hydrogen-bond donors (Lipinski definition) is 1. The van der Waals surface area contributed by atoms with Gasteiger partial charge in [0.25, 0.3) is 0 Å². The van der Waals surface area contributed by atoms with Gasteiger partial charge in [-0.05, 0) is 37.3 Å². The number of aromatic nitrogens is 2. The fourth-order valence-corrected chi connectivity index (χ4v) is 1.59. The average Bonchev–Trinajstić information content (AvgIpc) is 2.66. The lowest BCUT2D eigenvalue weighted by Crippen LogP contribution is -1.94. The second-order valence-electron chi connectivity index (χ2n) is 4.08. The Morgan fingerprint density at radius 3 is 2.78 bits per heavy atom. The number of ketones is 1. The van der Waals surface area contributed by atoms with Crippen LogP contribution in [0.5, 0.6) is 5.75 Å². The summed E-state index contributed by atoms with van der Waals surface area (Å²) in [5, 5.41) is 13.5. The minimum Gasteiger partial charge on any atom is -0.508 e. The van der Waals surface area contributed by atoms with Crippen LogP contribution >= 0.6 is 0 Å². The predicted octanol–water partition coefficient (Wildman–Crippen LogP) is 2.33. The normalized spacial score (nSPS) is 11.0. The van der Waals surface area contributed by atoms with Crippen molar-refractivity contribution < 1.29 is 9.90 Å². The maximum absolute atomic E-state index is 11.8. The number of phenolic OH excluding ortho intramolecular Hbond substituents is 1. The Balaban J connectivity index is 2.16. The molecule has 0 saturated heterocycles. The third-order valence-corrected chi connectivity index (χ3v) is 2.67. The Morgan fingerprint density at radius 1 is 1.39 bits per heavy atom. The molecule has 0 aliphatic rings. The van der Waals surface area contributed by atoms with Gasteiger partial charge in [0.15, 0.2) is 5.78 Å². The van der Waals surface area contributed by atoms with Crippen molar-refractivity contribution >= 4 is 11.9 Å². The molecule has 1 aromatic heterocycles. The lowest BCUT2D eigenvalue weighted by atomic mass is 10.1. The Hall–Kier alpha value is -2.36. The zero-order chi connectivity index (χ0) is 13.1. The molecule has 0 aliphatic heterocycles. The number of benzene rings is 1. The van der Waals surface area contributed by atoms with Crippen LogP contribution in [0.1, 0.15) is 21.7 Å². The molecule has 1 heterocycles. The molecule has 0 unspecified atom stereocenters. The van der Waals surface area contributed by atoms with Gasteiger partial charge in [0.2, 0.25) is 0 Å².